The Hall–Kier alpha value is -2.75. The molecule has 1 fully saturated rings. The summed E-state index contributed by atoms with van der Waals surface area (Å²) in [5.41, 5.74) is 4.76. The maximum atomic E-state index is 9.44. The lowest BCUT2D eigenvalue weighted by molar-refractivity contribution is 0.475. The second-order valence-electron chi connectivity index (χ2n) is 6.34. The number of piperazine rings is 1. The van der Waals surface area contributed by atoms with Crippen molar-refractivity contribution in [3.8, 4) is 5.75 Å². The number of benzene rings is 2. The zero-order valence-corrected chi connectivity index (χ0v) is 13.8. The van der Waals surface area contributed by atoms with E-state index in [0.29, 0.717) is 5.75 Å². The fraction of sp³-hybridized carbons (Fsp3) is 0.250. The van der Waals surface area contributed by atoms with E-state index in [1.54, 1.807) is 12.1 Å². The van der Waals surface area contributed by atoms with Crippen molar-refractivity contribution in [2.24, 2.45) is 0 Å². The third-order valence-electron chi connectivity index (χ3n) is 4.71. The van der Waals surface area contributed by atoms with Gasteiger partial charge in [-0.3, -0.25) is 4.98 Å². The van der Waals surface area contributed by atoms with Gasteiger partial charge in [-0.05, 0) is 49.4 Å². The lowest BCUT2D eigenvalue weighted by Crippen LogP contribution is -2.46. The number of anilines is 2. The Labute approximate surface area is 142 Å². The summed E-state index contributed by atoms with van der Waals surface area (Å²) in [5.74, 6) is 0.316. The van der Waals surface area contributed by atoms with E-state index in [2.05, 4.69) is 46.0 Å². The summed E-state index contributed by atoms with van der Waals surface area (Å²) >= 11 is 0. The molecule has 1 N–H and O–H groups in total. The van der Waals surface area contributed by atoms with Crippen molar-refractivity contribution in [3.05, 3.63) is 60.3 Å². The number of aromatic nitrogens is 1. The molecule has 24 heavy (non-hydrogen) atoms. The number of fused-ring (bicyclic) bond motifs is 1. The molecule has 1 aromatic heterocycles. The number of pyridine rings is 1. The normalized spacial score (nSPS) is 15.0. The Kier molecular flexibility index (Phi) is 3.73. The smallest absolute Gasteiger partial charge is 0.115 e. The first kappa shape index (κ1) is 14.8. The van der Waals surface area contributed by atoms with E-state index in [9.17, 15) is 5.11 Å². The maximum absolute atomic E-state index is 9.44. The van der Waals surface area contributed by atoms with Gasteiger partial charge in [-0.15, -0.1) is 0 Å². The third-order valence-corrected chi connectivity index (χ3v) is 4.71. The van der Waals surface area contributed by atoms with Gasteiger partial charge in [0.15, 0.2) is 0 Å². The van der Waals surface area contributed by atoms with Crippen LogP contribution in [0.25, 0.3) is 10.9 Å². The van der Waals surface area contributed by atoms with Crippen molar-refractivity contribution in [1.82, 2.24) is 4.98 Å². The van der Waals surface area contributed by atoms with Crippen LogP contribution in [0.15, 0.2) is 54.7 Å². The Morgan fingerprint density at radius 2 is 1.58 bits per heavy atom. The van der Waals surface area contributed by atoms with Crippen LogP contribution in [0.4, 0.5) is 11.4 Å². The number of hydrogen-bond donors (Lipinski definition) is 1. The van der Waals surface area contributed by atoms with Gasteiger partial charge in [0.1, 0.15) is 5.75 Å². The first-order valence-electron chi connectivity index (χ1n) is 8.35. The van der Waals surface area contributed by atoms with Gasteiger partial charge in [-0.25, -0.2) is 0 Å². The highest BCUT2D eigenvalue weighted by atomic mass is 16.3. The minimum absolute atomic E-state index is 0.316. The average Bonchev–Trinajstić information content (AvgIpc) is 2.62. The van der Waals surface area contributed by atoms with Gasteiger partial charge in [0.2, 0.25) is 0 Å². The van der Waals surface area contributed by atoms with Gasteiger partial charge >= 0.3 is 0 Å². The van der Waals surface area contributed by atoms with Crippen molar-refractivity contribution in [2.75, 3.05) is 36.0 Å². The molecule has 1 saturated heterocycles. The van der Waals surface area contributed by atoms with Gasteiger partial charge in [0.25, 0.3) is 0 Å². The van der Waals surface area contributed by atoms with Crippen LogP contribution in [0, 0.1) is 6.92 Å². The van der Waals surface area contributed by atoms with Crippen LogP contribution in [-0.4, -0.2) is 36.3 Å². The molecule has 1 aliphatic heterocycles. The first-order valence-corrected chi connectivity index (χ1v) is 8.35. The molecule has 0 radical (unpaired) electrons. The SMILES string of the molecule is Cc1ccc2nccc(N3CCN(c4ccc(O)cc4)CC3)c2c1. The average molecular weight is 319 g/mol. The van der Waals surface area contributed by atoms with Gasteiger partial charge in [-0.2, -0.15) is 0 Å². The number of phenols is 1. The molecule has 4 heteroatoms. The molecule has 0 amide bonds. The summed E-state index contributed by atoms with van der Waals surface area (Å²) in [4.78, 5) is 9.30. The predicted molar refractivity (Wildman–Crippen MR) is 99.0 cm³/mol. The number of rotatable bonds is 2. The quantitative estimate of drug-likeness (QED) is 0.784. The second-order valence-corrected chi connectivity index (χ2v) is 6.34. The van der Waals surface area contributed by atoms with Crippen molar-refractivity contribution in [3.63, 3.8) is 0 Å². The molecule has 122 valence electrons. The highest BCUT2D eigenvalue weighted by Crippen LogP contribution is 2.28. The lowest BCUT2D eigenvalue weighted by atomic mass is 10.1. The minimum Gasteiger partial charge on any atom is -0.508 e. The molecule has 2 heterocycles. The van der Waals surface area contributed by atoms with Crippen LogP contribution in [0.3, 0.4) is 0 Å². The lowest BCUT2D eigenvalue weighted by Gasteiger charge is -2.37. The number of hydrogen-bond acceptors (Lipinski definition) is 4. The summed E-state index contributed by atoms with van der Waals surface area (Å²) in [6, 6.07) is 16.0. The van der Waals surface area contributed by atoms with Crippen LogP contribution in [0.2, 0.25) is 0 Å². The van der Waals surface area contributed by atoms with E-state index in [-0.39, 0.29) is 0 Å². The summed E-state index contributed by atoms with van der Waals surface area (Å²) < 4.78 is 0. The van der Waals surface area contributed by atoms with Gasteiger partial charge in [0, 0.05) is 49.1 Å². The third kappa shape index (κ3) is 2.75. The fourth-order valence-electron chi connectivity index (χ4n) is 3.39. The standard InChI is InChI=1S/C20H21N3O/c1-15-2-7-19-18(14-15)20(8-9-21-19)23-12-10-22(11-13-23)16-3-5-17(24)6-4-16/h2-9,14,24H,10-13H2,1H3. The van der Waals surface area contributed by atoms with E-state index in [1.165, 1.54) is 22.3 Å². The number of nitrogens with zero attached hydrogens (tertiary/aromatic N) is 3. The number of aromatic hydroxyl groups is 1. The molecule has 0 atom stereocenters. The van der Waals surface area contributed by atoms with Crippen LogP contribution in [0.1, 0.15) is 5.56 Å². The molecule has 0 spiro atoms. The van der Waals surface area contributed by atoms with Gasteiger partial charge in [0.05, 0.1) is 5.52 Å². The molecule has 0 bridgehead atoms. The van der Waals surface area contributed by atoms with Crippen molar-refractivity contribution >= 4 is 22.3 Å². The second kappa shape index (κ2) is 6.04. The summed E-state index contributed by atoms with van der Waals surface area (Å²) in [6.07, 6.45) is 1.90. The molecular weight excluding hydrogens is 298 g/mol. The van der Waals surface area contributed by atoms with Crippen molar-refractivity contribution in [2.45, 2.75) is 6.92 Å². The van der Waals surface area contributed by atoms with Crippen molar-refractivity contribution < 1.29 is 5.11 Å². The van der Waals surface area contributed by atoms with Gasteiger partial charge in [-0.1, -0.05) is 11.6 Å². The molecule has 2 aromatic carbocycles. The predicted octanol–water partition coefficient (Wildman–Crippen LogP) is 3.58. The minimum atomic E-state index is 0.316. The number of phenolic OH excluding ortho intramolecular Hbond substituents is 1. The highest BCUT2D eigenvalue weighted by Gasteiger charge is 2.19. The zero-order valence-electron chi connectivity index (χ0n) is 13.8. The van der Waals surface area contributed by atoms with Crippen LogP contribution < -0.4 is 9.80 Å². The summed E-state index contributed by atoms with van der Waals surface area (Å²) in [6.45, 7) is 6.03. The molecule has 4 rings (SSSR count). The fourth-order valence-corrected chi connectivity index (χ4v) is 3.39. The van der Waals surface area contributed by atoms with Crippen LogP contribution >= 0.6 is 0 Å². The number of aryl methyl sites for hydroxylation is 1. The molecule has 3 aromatic rings. The molecule has 0 aliphatic carbocycles. The van der Waals surface area contributed by atoms with E-state index in [4.69, 9.17) is 0 Å². The van der Waals surface area contributed by atoms with E-state index >= 15 is 0 Å². The summed E-state index contributed by atoms with van der Waals surface area (Å²) in [5, 5.41) is 10.7. The maximum Gasteiger partial charge on any atom is 0.115 e. The van der Waals surface area contributed by atoms with Gasteiger partial charge < -0.3 is 14.9 Å². The first-order chi connectivity index (χ1) is 11.7. The monoisotopic (exact) mass is 319 g/mol. The Bertz CT molecular complexity index is 852. The molecule has 1 aliphatic rings. The Morgan fingerprint density at radius 1 is 0.875 bits per heavy atom. The molecule has 0 unspecified atom stereocenters. The van der Waals surface area contributed by atoms with Crippen molar-refractivity contribution in [1.29, 1.82) is 0 Å². The van der Waals surface area contributed by atoms with E-state index in [0.717, 1.165) is 31.7 Å². The molecular formula is C20H21N3O. The Balaban J connectivity index is 1.56. The molecule has 4 nitrogen and oxygen atoms in total. The molecule has 0 saturated carbocycles. The summed E-state index contributed by atoms with van der Waals surface area (Å²) in [7, 11) is 0. The Morgan fingerprint density at radius 3 is 2.33 bits per heavy atom. The highest BCUT2D eigenvalue weighted by molar-refractivity contribution is 5.92. The van der Waals surface area contributed by atoms with E-state index < -0.39 is 0 Å². The van der Waals surface area contributed by atoms with E-state index in [1.807, 2.05) is 18.3 Å². The van der Waals surface area contributed by atoms with Crippen LogP contribution in [0.5, 0.6) is 5.75 Å². The van der Waals surface area contributed by atoms with Crippen LogP contribution in [-0.2, 0) is 0 Å². The topological polar surface area (TPSA) is 39.6 Å². The largest absolute Gasteiger partial charge is 0.508 e. The zero-order chi connectivity index (χ0) is 16.5.